The van der Waals surface area contributed by atoms with Gasteiger partial charge in [-0.1, -0.05) is 12.1 Å². The van der Waals surface area contributed by atoms with Crippen LogP contribution >= 0.6 is 12.4 Å². The Hall–Kier alpha value is -2.84. The topological polar surface area (TPSA) is 93.9 Å². The van der Waals surface area contributed by atoms with Crippen LogP contribution in [0.15, 0.2) is 48.5 Å². The van der Waals surface area contributed by atoms with Gasteiger partial charge in [0.05, 0.1) is 11.0 Å². The molecule has 1 atom stereocenters. The second-order valence-corrected chi connectivity index (χ2v) is 5.73. The van der Waals surface area contributed by atoms with E-state index >= 15 is 0 Å². The minimum Gasteiger partial charge on any atom is -0.492 e. The van der Waals surface area contributed by atoms with Crippen molar-refractivity contribution in [2.75, 3.05) is 27.7 Å². The monoisotopic (exact) mass is 395 g/mol. The lowest BCUT2D eigenvalue weighted by molar-refractivity contribution is -0.384. The molecule has 0 saturated heterocycles. The molecule has 8 nitrogen and oxygen atoms in total. The lowest BCUT2D eigenvalue weighted by Gasteiger charge is -2.18. The van der Waals surface area contributed by atoms with E-state index in [4.69, 9.17) is 9.47 Å². The van der Waals surface area contributed by atoms with E-state index in [2.05, 4.69) is 5.32 Å². The molecule has 1 unspecified atom stereocenters. The third-order valence-electron chi connectivity index (χ3n) is 3.67. The van der Waals surface area contributed by atoms with E-state index in [1.807, 2.05) is 19.2 Å². The number of nitrogens with one attached hydrogen (secondary N) is 1. The first-order chi connectivity index (χ1) is 12.4. The van der Waals surface area contributed by atoms with Crippen LogP contribution in [0.2, 0.25) is 0 Å². The lowest BCUT2D eigenvalue weighted by Crippen LogP contribution is -2.25. The number of ether oxygens (including phenoxy) is 2. The van der Waals surface area contributed by atoms with E-state index in [0.717, 1.165) is 5.56 Å². The Balaban J connectivity index is 0.00000364. The van der Waals surface area contributed by atoms with E-state index in [-0.39, 0.29) is 24.1 Å². The van der Waals surface area contributed by atoms with E-state index in [9.17, 15) is 14.9 Å². The highest BCUT2D eigenvalue weighted by Gasteiger charge is 2.12. The Morgan fingerprint density at radius 1 is 1.11 bits per heavy atom. The average Bonchev–Trinajstić information content (AvgIpc) is 2.63. The van der Waals surface area contributed by atoms with Crippen LogP contribution in [-0.4, -0.2) is 43.7 Å². The van der Waals surface area contributed by atoms with Gasteiger partial charge in [-0.25, -0.2) is 4.79 Å². The summed E-state index contributed by atoms with van der Waals surface area (Å²) < 4.78 is 10.9. The Morgan fingerprint density at radius 3 is 2.15 bits per heavy atom. The zero-order chi connectivity index (χ0) is 19.1. The average molecular weight is 396 g/mol. The van der Waals surface area contributed by atoms with Gasteiger partial charge in [-0.05, 0) is 36.9 Å². The summed E-state index contributed by atoms with van der Waals surface area (Å²) in [5.41, 5.74) is 0.976. The van der Waals surface area contributed by atoms with Crippen LogP contribution in [0, 0.1) is 10.1 Å². The molecule has 0 aliphatic rings. The van der Waals surface area contributed by atoms with Crippen LogP contribution in [0.25, 0.3) is 0 Å². The van der Waals surface area contributed by atoms with Crippen molar-refractivity contribution in [2.24, 2.45) is 0 Å². The molecule has 2 aromatic carbocycles. The molecule has 2 rings (SSSR count). The summed E-state index contributed by atoms with van der Waals surface area (Å²) in [6.07, 6.45) is -0.440. The number of carbonyl (C=O) groups excluding carboxylic acids is 1. The number of benzene rings is 2. The number of nitro benzene ring substituents is 1. The highest BCUT2D eigenvalue weighted by atomic mass is 35.5. The largest absolute Gasteiger partial charge is 0.492 e. The molecule has 9 heteroatoms. The van der Waals surface area contributed by atoms with Crippen molar-refractivity contribution in [3.05, 3.63) is 64.2 Å². The minimum atomic E-state index is -0.454. The quantitative estimate of drug-likeness (QED) is 0.570. The molecule has 0 saturated carbocycles. The minimum absolute atomic E-state index is 0. The molecule has 1 amide bonds. The van der Waals surface area contributed by atoms with Crippen molar-refractivity contribution < 1.29 is 19.2 Å². The van der Waals surface area contributed by atoms with Gasteiger partial charge in [0.1, 0.15) is 18.1 Å². The second-order valence-electron chi connectivity index (χ2n) is 5.73. The molecule has 0 aliphatic carbocycles. The number of nitro groups is 1. The van der Waals surface area contributed by atoms with E-state index in [1.54, 1.807) is 38.4 Å². The molecule has 0 fully saturated rings. The van der Waals surface area contributed by atoms with Gasteiger partial charge in [0.15, 0.2) is 0 Å². The van der Waals surface area contributed by atoms with Gasteiger partial charge in [0, 0.05) is 26.2 Å². The molecule has 146 valence electrons. The Morgan fingerprint density at radius 2 is 1.67 bits per heavy atom. The summed E-state index contributed by atoms with van der Waals surface area (Å²) in [4.78, 5) is 23.1. The number of carbonyl (C=O) groups is 1. The lowest BCUT2D eigenvalue weighted by atomic mass is 10.1. The third-order valence-corrected chi connectivity index (χ3v) is 3.67. The smallest absolute Gasteiger partial charge is 0.414 e. The number of amides is 1. The van der Waals surface area contributed by atoms with Gasteiger partial charge in [-0.15, -0.1) is 12.4 Å². The molecule has 2 aromatic rings. The van der Waals surface area contributed by atoms with Crippen LogP contribution in [0.4, 0.5) is 10.5 Å². The number of hydrogen-bond acceptors (Lipinski definition) is 6. The molecule has 0 aliphatic heterocycles. The predicted octanol–water partition coefficient (Wildman–Crippen LogP) is 3.42. The van der Waals surface area contributed by atoms with Crippen molar-refractivity contribution in [3.8, 4) is 11.5 Å². The molecule has 27 heavy (non-hydrogen) atoms. The summed E-state index contributed by atoms with van der Waals surface area (Å²) in [6.45, 7) is 0.338. The number of rotatable bonds is 7. The third kappa shape index (κ3) is 6.43. The summed E-state index contributed by atoms with van der Waals surface area (Å²) in [6, 6.07) is 13.0. The van der Waals surface area contributed by atoms with Crippen molar-refractivity contribution in [3.63, 3.8) is 0 Å². The van der Waals surface area contributed by atoms with Crippen LogP contribution in [0.5, 0.6) is 11.5 Å². The molecule has 0 spiro atoms. The number of nitrogens with zero attached hydrogens (tertiary/aromatic N) is 2. The van der Waals surface area contributed by atoms with Gasteiger partial charge in [-0.2, -0.15) is 0 Å². The highest BCUT2D eigenvalue weighted by molar-refractivity contribution is 5.85. The summed E-state index contributed by atoms with van der Waals surface area (Å²) in [5, 5.41) is 13.8. The van der Waals surface area contributed by atoms with Crippen molar-refractivity contribution >= 4 is 24.2 Å². The number of hydrogen-bond donors (Lipinski definition) is 1. The maximum Gasteiger partial charge on any atom is 0.414 e. The van der Waals surface area contributed by atoms with Gasteiger partial charge in [0.25, 0.3) is 5.69 Å². The Labute approximate surface area is 163 Å². The Kier molecular flexibility index (Phi) is 8.50. The number of likely N-dealkylation sites (N-methyl/N-ethyl adjacent to an activating group) is 1. The number of non-ortho nitro benzene ring substituents is 1. The summed E-state index contributed by atoms with van der Waals surface area (Å²) in [7, 11) is 5.04. The van der Waals surface area contributed by atoms with Crippen molar-refractivity contribution in [1.29, 1.82) is 0 Å². The van der Waals surface area contributed by atoms with Crippen LogP contribution < -0.4 is 14.8 Å². The Bertz CT molecular complexity index is 751. The fourth-order valence-corrected chi connectivity index (χ4v) is 2.15. The van der Waals surface area contributed by atoms with Gasteiger partial charge in [0.2, 0.25) is 0 Å². The van der Waals surface area contributed by atoms with Crippen molar-refractivity contribution in [2.45, 2.75) is 6.04 Å². The maximum absolute atomic E-state index is 11.5. The van der Waals surface area contributed by atoms with Gasteiger partial charge < -0.3 is 19.7 Å². The first kappa shape index (κ1) is 22.2. The van der Waals surface area contributed by atoms with E-state index < -0.39 is 11.0 Å². The molecule has 0 radical (unpaired) electrons. The van der Waals surface area contributed by atoms with Crippen LogP contribution in [-0.2, 0) is 0 Å². The zero-order valence-corrected chi connectivity index (χ0v) is 16.1. The normalized spacial score (nSPS) is 11.1. The molecule has 0 bridgehead atoms. The predicted molar refractivity (Wildman–Crippen MR) is 104 cm³/mol. The standard InChI is InChI=1S/C18H21N3O5.ClH/c1-19-17(12-25-15-10-6-14(7-11-15)21(23)24)13-4-8-16(9-5-13)26-18(22)20(2)3;/h4-11,17,19H,12H2,1-3H3;1H. The molecular formula is C18H22ClN3O5. The second kappa shape index (κ2) is 10.3. The molecular weight excluding hydrogens is 374 g/mol. The van der Waals surface area contributed by atoms with Crippen LogP contribution in [0.3, 0.4) is 0 Å². The molecule has 0 heterocycles. The molecule has 1 N–H and O–H groups in total. The first-order valence-corrected chi connectivity index (χ1v) is 7.94. The molecule has 0 aromatic heterocycles. The van der Waals surface area contributed by atoms with E-state index in [1.165, 1.54) is 17.0 Å². The van der Waals surface area contributed by atoms with Crippen LogP contribution in [0.1, 0.15) is 11.6 Å². The SMILES string of the molecule is CNC(COc1ccc([N+](=O)[O-])cc1)c1ccc(OC(=O)N(C)C)cc1.Cl. The highest BCUT2D eigenvalue weighted by Crippen LogP contribution is 2.21. The van der Waals surface area contributed by atoms with Crippen molar-refractivity contribution in [1.82, 2.24) is 10.2 Å². The summed E-state index contributed by atoms with van der Waals surface area (Å²) in [5.74, 6) is 1.01. The first-order valence-electron chi connectivity index (χ1n) is 7.94. The van der Waals surface area contributed by atoms with E-state index in [0.29, 0.717) is 18.1 Å². The fraction of sp³-hybridized carbons (Fsp3) is 0.278. The summed E-state index contributed by atoms with van der Waals surface area (Å²) >= 11 is 0. The maximum atomic E-state index is 11.5. The van der Waals surface area contributed by atoms with Gasteiger partial charge in [-0.3, -0.25) is 10.1 Å². The van der Waals surface area contributed by atoms with Gasteiger partial charge >= 0.3 is 6.09 Å². The zero-order valence-electron chi connectivity index (χ0n) is 15.2. The fourth-order valence-electron chi connectivity index (χ4n) is 2.15. The number of halogens is 1.